The summed E-state index contributed by atoms with van der Waals surface area (Å²) in [6.45, 7) is 5.36. The maximum atomic E-state index is 12.6. The van der Waals surface area contributed by atoms with Crippen molar-refractivity contribution < 1.29 is 24.9 Å². The largest absolute Gasteiger partial charge is 0.393 e. The van der Waals surface area contributed by atoms with E-state index in [-0.39, 0.29) is 34.9 Å². The lowest BCUT2D eigenvalue weighted by molar-refractivity contribution is -0.187. The predicted molar refractivity (Wildman–Crippen MR) is 99.7 cm³/mol. The Hall–Kier alpha value is -1.04. The second-order valence-electron chi connectivity index (χ2n) is 10.1. The molecule has 2 unspecified atom stereocenters. The van der Waals surface area contributed by atoms with Crippen molar-refractivity contribution in [2.24, 2.45) is 34.5 Å². The molecule has 4 aliphatic rings. The average molecular weight is 376 g/mol. The van der Waals surface area contributed by atoms with Crippen LogP contribution in [0.25, 0.3) is 0 Å². The van der Waals surface area contributed by atoms with Gasteiger partial charge in [0.05, 0.1) is 6.10 Å². The minimum atomic E-state index is -1.59. The summed E-state index contributed by atoms with van der Waals surface area (Å²) >= 11 is 0. The molecule has 0 aromatic carbocycles. The van der Waals surface area contributed by atoms with E-state index in [0.29, 0.717) is 12.8 Å². The molecule has 4 aliphatic carbocycles. The minimum absolute atomic E-state index is 0.0578. The molecule has 0 bridgehead atoms. The van der Waals surface area contributed by atoms with E-state index < -0.39 is 29.5 Å². The molecule has 27 heavy (non-hydrogen) atoms. The number of hydrogen-bond donors (Lipinski definition) is 3. The molecule has 0 saturated heterocycles. The molecule has 0 heterocycles. The van der Waals surface area contributed by atoms with Gasteiger partial charge >= 0.3 is 0 Å². The molecule has 8 atom stereocenters. The number of ketones is 2. The highest BCUT2D eigenvalue weighted by Crippen LogP contribution is 2.68. The molecule has 150 valence electrons. The average Bonchev–Trinajstić information content (AvgIpc) is 2.82. The van der Waals surface area contributed by atoms with Crippen LogP contribution in [0.1, 0.15) is 59.3 Å². The molecule has 3 saturated carbocycles. The SMILES string of the molecule is CC1C[C@H]2[C@@H]3CCC4=CC(=O)CC[C@]4(C)[C@H]3C(O)C[C@]2(C)[C@@]1(O)C(=O)CO. The Morgan fingerprint density at radius 2 is 2.00 bits per heavy atom. The van der Waals surface area contributed by atoms with E-state index in [2.05, 4.69) is 6.92 Å². The van der Waals surface area contributed by atoms with Gasteiger partial charge in [-0.1, -0.05) is 26.3 Å². The lowest BCUT2D eigenvalue weighted by Gasteiger charge is -2.60. The summed E-state index contributed by atoms with van der Waals surface area (Å²) in [7, 11) is 0. The molecule has 0 radical (unpaired) electrons. The molecule has 5 heteroatoms. The molecular weight excluding hydrogens is 344 g/mol. The maximum Gasteiger partial charge on any atom is 0.190 e. The van der Waals surface area contributed by atoms with Gasteiger partial charge in [-0.25, -0.2) is 0 Å². The lowest BCUT2D eigenvalue weighted by Crippen LogP contribution is -2.63. The highest BCUT2D eigenvalue weighted by molar-refractivity contribution is 5.92. The Bertz CT molecular complexity index is 713. The molecule has 0 aromatic heterocycles. The zero-order chi connectivity index (χ0) is 19.8. The van der Waals surface area contributed by atoms with Gasteiger partial charge in [-0.15, -0.1) is 0 Å². The van der Waals surface area contributed by atoms with Crippen LogP contribution in [0.4, 0.5) is 0 Å². The summed E-state index contributed by atoms with van der Waals surface area (Å²) in [5.41, 5.74) is -1.31. The van der Waals surface area contributed by atoms with Crippen molar-refractivity contribution >= 4 is 11.6 Å². The summed E-state index contributed by atoms with van der Waals surface area (Å²) in [5, 5.41) is 32.2. The Kier molecular flexibility index (Phi) is 4.27. The van der Waals surface area contributed by atoms with Crippen LogP contribution < -0.4 is 0 Å². The summed E-state index contributed by atoms with van der Waals surface area (Å²) in [6, 6.07) is 0. The van der Waals surface area contributed by atoms with E-state index in [0.717, 1.165) is 25.7 Å². The molecule has 0 aliphatic heterocycles. The molecule has 0 amide bonds. The van der Waals surface area contributed by atoms with Gasteiger partial charge in [0.1, 0.15) is 12.2 Å². The number of allylic oxidation sites excluding steroid dienone is 1. The normalized spacial score (nSPS) is 51.9. The van der Waals surface area contributed by atoms with Crippen molar-refractivity contribution in [2.75, 3.05) is 6.61 Å². The summed E-state index contributed by atoms with van der Waals surface area (Å²) < 4.78 is 0. The van der Waals surface area contributed by atoms with Crippen LogP contribution in [-0.4, -0.2) is 45.2 Å². The van der Waals surface area contributed by atoms with E-state index in [9.17, 15) is 24.9 Å². The highest BCUT2D eigenvalue weighted by atomic mass is 16.3. The van der Waals surface area contributed by atoms with E-state index in [1.165, 1.54) is 5.57 Å². The van der Waals surface area contributed by atoms with E-state index in [4.69, 9.17) is 0 Å². The fraction of sp³-hybridized carbons (Fsp3) is 0.818. The first kappa shape index (κ1) is 19.3. The second kappa shape index (κ2) is 5.98. The van der Waals surface area contributed by atoms with Gasteiger partial charge in [0.25, 0.3) is 0 Å². The van der Waals surface area contributed by atoms with Crippen LogP contribution in [0.3, 0.4) is 0 Å². The Labute approximate surface area is 160 Å². The van der Waals surface area contributed by atoms with Gasteiger partial charge in [0, 0.05) is 11.8 Å². The summed E-state index contributed by atoms with van der Waals surface area (Å²) in [6.07, 6.45) is 5.32. The van der Waals surface area contributed by atoms with Crippen molar-refractivity contribution in [3.63, 3.8) is 0 Å². The van der Waals surface area contributed by atoms with Crippen molar-refractivity contribution in [3.05, 3.63) is 11.6 Å². The second-order valence-corrected chi connectivity index (χ2v) is 10.1. The first-order valence-corrected chi connectivity index (χ1v) is 10.4. The van der Waals surface area contributed by atoms with E-state index >= 15 is 0 Å². The molecule has 4 rings (SSSR count). The molecule has 3 fully saturated rings. The number of aliphatic hydroxyl groups is 3. The van der Waals surface area contributed by atoms with Crippen LogP contribution in [0.5, 0.6) is 0 Å². The van der Waals surface area contributed by atoms with Crippen LogP contribution in [-0.2, 0) is 9.59 Å². The van der Waals surface area contributed by atoms with Crippen LogP contribution in [0, 0.1) is 34.5 Å². The number of fused-ring (bicyclic) bond motifs is 5. The van der Waals surface area contributed by atoms with Gasteiger partial charge in [-0.05, 0) is 67.3 Å². The number of carbonyl (C=O) groups is 2. The predicted octanol–water partition coefficient (Wildman–Crippen LogP) is 2.03. The third kappa shape index (κ3) is 2.28. The molecule has 3 N–H and O–H groups in total. The smallest absolute Gasteiger partial charge is 0.190 e. The van der Waals surface area contributed by atoms with E-state index in [1.54, 1.807) is 0 Å². The van der Waals surface area contributed by atoms with Crippen molar-refractivity contribution in [2.45, 2.75) is 71.0 Å². The quantitative estimate of drug-likeness (QED) is 0.685. The first-order valence-electron chi connectivity index (χ1n) is 10.4. The standard InChI is InChI=1S/C22H32O5/c1-12-8-16-15-5-4-13-9-14(24)6-7-20(13,2)19(15)17(25)10-21(16,3)22(12,27)18(26)11-23/h9,12,15-17,19,23,25,27H,4-8,10-11H2,1-3H3/t12?,15-,16-,17?,19+,20-,21-,22-/m0/s1. The van der Waals surface area contributed by atoms with Gasteiger partial charge in [-0.3, -0.25) is 9.59 Å². The maximum absolute atomic E-state index is 12.6. The molecular formula is C22H32O5. The number of hydrogen-bond acceptors (Lipinski definition) is 5. The third-order valence-electron chi connectivity index (χ3n) is 9.05. The van der Waals surface area contributed by atoms with Crippen molar-refractivity contribution in [3.8, 4) is 0 Å². The van der Waals surface area contributed by atoms with Crippen LogP contribution in [0.2, 0.25) is 0 Å². The lowest BCUT2D eigenvalue weighted by atomic mass is 9.45. The number of rotatable bonds is 2. The topological polar surface area (TPSA) is 94.8 Å². The Balaban J connectivity index is 1.77. The minimum Gasteiger partial charge on any atom is -0.393 e. The highest BCUT2D eigenvalue weighted by Gasteiger charge is 2.70. The summed E-state index contributed by atoms with van der Waals surface area (Å²) in [5.74, 6) is -0.155. The monoisotopic (exact) mass is 376 g/mol. The Morgan fingerprint density at radius 3 is 2.67 bits per heavy atom. The van der Waals surface area contributed by atoms with Crippen molar-refractivity contribution in [1.29, 1.82) is 0 Å². The third-order valence-corrected chi connectivity index (χ3v) is 9.05. The van der Waals surface area contributed by atoms with Gasteiger partial charge in [0.2, 0.25) is 0 Å². The summed E-state index contributed by atoms with van der Waals surface area (Å²) in [4.78, 5) is 24.5. The number of Topliss-reactive ketones (excluding diaryl/α,β-unsaturated/α-hetero) is 1. The van der Waals surface area contributed by atoms with Gasteiger partial charge in [0.15, 0.2) is 11.6 Å². The fourth-order valence-corrected chi connectivity index (χ4v) is 7.74. The number of aliphatic hydroxyl groups excluding tert-OH is 2. The molecule has 0 spiro atoms. The fourth-order valence-electron chi connectivity index (χ4n) is 7.74. The van der Waals surface area contributed by atoms with Gasteiger partial charge < -0.3 is 15.3 Å². The molecule has 0 aromatic rings. The van der Waals surface area contributed by atoms with Crippen LogP contribution >= 0.6 is 0 Å². The van der Waals surface area contributed by atoms with E-state index in [1.807, 2.05) is 19.9 Å². The zero-order valence-electron chi connectivity index (χ0n) is 16.6. The Morgan fingerprint density at radius 1 is 1.30 bits per heavy atom. The zero-order valence-corrected chi connectivity index (χ0v) is 16.6. The van der Waals surface area contributed by atoms with Crippen LogP contribution in [0.15, 0.2) is 11.6 Å². The van der Waals surface area contributed by atoms with Gasteiger partial charge in [-0.2, -0.15) is 0 Å². The molecule has 5 nitrogen and oxygen atoms in total. The van der Waals surface area contributed by atoms with Crippen molar-refractivity contribution in [1.82, 2.24) is 0 Å². The first-order chi connectivity index (χ1) is 12.6. The number of carbonyl (C=O) groups excluding carboxylic acids is 2.